The largest absolute Gasteiger partial charge is 0.390 e. The van der Waals surface area contributed by atoms with Gasteiger partial charge < -0.3 is 5.11 Å². The normalized spacial score (nSPS) is 19.6. The van der Waals surface area contributed by atoms with Crippen LogP contribution in [-0.2, 0) is 13.1 Å². The lowest BCUT2D eigenvalue weighted by Crippen LogP contribution is -2.42. The first-order valence-corrected chi connectivity index (χ1v) is 9.24. The molecule has 5 heteroatoms. The van der Waals surface area contributed by atoms with Crippen molar-refractivity contribution in [2.45, 2.75) is 45.0 Å². The molecule has 1 saturated heterocycles. The standard InChI is InChI=1S/C20H30N4O/c1-17-11-21-24(12-17)14-19-9-6-10-23(19)16-20(25)15-22(2)13-18-7-4-3-5-8-18/h3-5,7-8,11-12,19-20,25H,6,9-10,13-16H2,1-2H3. The second-order valence-corrected chi connectivity index (χ2v) is 7.37. The van der Waals surface area contributed by atoms with Crippen LogP contribution in [0, 0.1) is 6.92 Å². The molecule has 0 aliphatic carbocycles. The molecular weight excluding hydrogens is 312 g/mol. The maximum atomic E-state index is 10.5. The minimum absolute atomic E-state index is 0.325. The molecule has 1 aliphatic rings. The summed E-state index contributed by atoms with van der Waals surface area (Å²) in [6.45, 7) is 6.37. The predicted octanol–water partition coefficient (Wildman–Crippen LogP) is 2.15. The number of aromatic nitrogens is 2. The average Bonchev–Trinajstić information content (AvgIpc) is 3.18. The number of hydrogen-bond donors (Lipinski definition) is 1. The SMILES string of the molecule is Cc1cnn(CC2CCCN2CC(O)CN(C)Cc2ccccc2)c1. The number of nitrogens with zero attached hydrogens (tertiary/aromatic N) is 4. The van der Waals surface area contributed by atoms with Crippen molar-refractivity contribution in [3.05, 3.63) is 53.9 Å². The topological polar surface area (TPSA) is 44.5 Å². The molecule has 25 heavy (non-hydrogen) atoms. The van der Waals surface area contributed by atoms with Gasteiger partial charge in [0, 0.05) is 31.9 Å². The van der Waals surface area contributed by atoms with E-state index in [-0.39, 0.29) is 6.10 Å². The summed E-state index contributed by atoms with van der Waals surface area (Å²) in [5.74, 6) is 0. The molecule has 2 heterocycles. The summed E-state index contributed by atoms with van der Waals surface area (Å²) in [5.41, 5.74) is 2.48. The van der Waals surface area contributed by atoms with Gasteiger partial charge in [-0.2, -0.15) is 5.10 Å². The number of aliphatic hydroxyl groups is 1. The quantitative estimate of drug-likeness (QED) is 0.798. The molecule has 0 saturated carbocycles. The molecule has 0 bridgehead atoms. The van der Waals surface area contributed by atoms with Gasteiger partial charge in [0.1, 0.15) is 0 Å². The van der Waals surface area contributed by atoms with Crippen LogP contribution in [0.25, 0.3) is 0 Å². The van der Waals surface area contributed by atoms with Crippen molar-refractivity contribution < 1.29 is 5.11 Å². The van der Waals surface area contributed by atoms with Crippen molar-refractivity contribution in [1.82, 2.24) is 19.6 Å². The van der Waals surface area contributed by atoms with Gasteiger partial charge in [-0.1, -0.05) is 30.3 Å². The third-order valence-electron chi connectivity index (χ3n) is 4.92. The number of benzene rings is 1. The molecule has 1 aromatic carbocycles. The number of aryl methyl sites for hydroxylation is 1. The van der Waals surface area contributed by atoms with Gasteiger partial charge in [-0.25, -0.2) is 0 Å². The zero-order chi connectivity index (χ0) is 17.6. The van der Waals surface area contributed by atoms with Gasteiger partial charge in [-0.3, -0.25) is 14.5 Å². The van der Waals surface area contributed by atoms with E-state index < -0.39 is 0 Å². The summed E-state index contributed by atoms with van der Waals surface area (Å²) in [6.07, 6.45) is 6.07. The Morgan fingerprint density at radius 2 is 2.12 bits per heavy atom. The fourth-order valence-corrected chi connectivity index (χ4v) is 3.77. The molecule has 136 valence electrons. The van der Waals surface area contributed by atoms with Crippen LogP contribution in [0.15, 0.2) is 42.7 Å². The highest BCUT2D eigenvalue weighted by Crippen LogP contribution is 2.19. The number of β-amino-alcohol motifs (C(OH)–C–C–N with tert-alkyl or cyclic N) is 1. The molecule has 1 aliphatic heterocycles. The molecule has 3 rings (SSSR count). The van der Waals surface area contributed by atoms with Crippen molar-refractivity contribution >= 4 is 0 Å². The van der Waals surface area contributed by atoms with Crippen LogP contribution in [0.5, 0.6) is 0 Å². The molecule has 0 radical (unpaired) electrons. The summed E-state index contributed by atoms with van der Waals surface area (Å²) in [7, 11) is 2.07. The Labute approximate surface area is 150 Å². The van der Waals surface area contributed by atoms with Crippen LogP contribution >= 0.6 is 0 Å². The minimum Gasteiger partial charge on any atom is -0.390 e. The van der Waals surface area contributed by atoms with Crippen LogP contribution in [0.4, 0.5) is 0 Å². The van der Waals surface area contributed by atoms with Gasteiger partial charge in [0.15, 0.2) is 0 Å². The molecule has 1 aromatic heterocycles. The van der Waals surface area contributed by atoms with Crippen molar-refractivity contribution in [3.8, 4) is 0 Å². The Hall–Kier alpha value is -1.69. The van der Waals surface area contributed by atoms with E-state index in [0.29, 0.717) is 12.6 Å². The molecule has 1 fully saturated rings. The Morgan fingerprint density at radius 1 is 1.32 bits per heavy atom. The molecule has 5 nitrogen and oxygen atoms in total. The van der Waals surface area contributed by atoms with Crippen LogP contribution in [0.3, 0.4) is 0 Å². The van der Waals surface area contributed by atoms with E-state index in [2.05, 4.69) is 59.3 Å². The Bertz CT molecular complexity index is 642. The number of likely N-dealkylation sites (N-methyl/N-ethyl adjacent to an activating group) is 1. The minimum atomic E-state index is -0.325. The maximum absolute atomic E-state index is 10.5. The van der Waals surface area contributed by atoms with E-state index in [1.807, 2.05) is 16.9 Å². The zero-order valence-electron chi connectivity index (χ0n) is 15.4. The fourth-order valence-electron chi connectivity index (χ4n) is 3.77. The van der Waals surface area contributed by atoms with Crippen LogP contribution < -0.4 is 0 Å². The summed E-state index contributed by atoms with van der Waals surface area (Å²) in [5, 5.41) is 14.9. The summed E-state index contributed by atoms with van der Waals surface area (Å²) < 4.78 is 2.03. The first-order valence-electron chi connectivity index (χ1n) is 9.24. The van der Waals surface area contributed by atoms with Crippen molar-refractivity contribution in [1.29, 1.82) is 0 Å². The molecule has 1 N–H and O–H groups in total. The third kappa shape index (κ3) is 5.39. The van der Waals surface area contributed by atoms with Gasteiger partial charge in [0.25, 0.3) is 0 Å². The second-order valence-electron chi connectivity index (χ2n) is 7.37. The van der Waals surface area contributed by atoms with Crippen molar-refractivity contribution in [2.24, 2.45) is 0 Å². The molecule has 0 spiro atoms. The predicted molar refractivity (Wildman–Crippen MR) is 100 cm³/mol. The number of aliphatic hydroxyl groups excluding tert-OH is 1. The molecule has 2 unspecified atom stereocenters. The van der Waals surface area contributed by atoms with Crippen molar-refractivity contribution in [3.63, 3.8) is 0 Å². The van der Waals surface area contributed by atoms with Gasteiger partial charge in [0.2, 0.25) is 0 Å². The van der Waals surface area contributed by atoms with E-state index >= 15 is 0 Å². The number of rotatable bonds is 8. The monoisotopic (exact) mass is 342 g/mol. The second kappa shape index (κ2) is 8.61. The van der Waals surface area contributed by atoms with Crippen molar-refractivity contribution in [2.75, 3.05) is 26.7 Å². The molecule has 2 atom stereocenters. The van der Waals surface area contributed by atoms with E-state index in [9.17, 15) is 5.11 Å². The lowest BCUT2D eigenvalue weighted by molar-refractivity contribution is 0.0717. The van der Waals surface area contributed by atoms with E-state index in [1.165, 1.54) is 24.0 Å². The van der Waals surface area contributed by atoms with Crippen LogP contribution in [-0.4, -0.2) is 63.5 Å². The Morgan fingerprint density at radius 3 is 2.84 bits per heavy atom. The molecular formula is C20H30N4O. The Kier molecular flexibility index (Phi) is 6.24. The molecule has 2 aromatic rings. The number of likely N-dealkylation sites (tertiary alicyclic amines) is 1. The van der Waals surface area contributed by atoms with Gasteiger partial charge >= 0.3 is 0 Å². The van der Waals surface area contributed by atoms with Gasteiger partial charge in [0.05, 0.1) is 18.8 Å². The number of hydrogen-bond acceptors (Lipinski definition) is 4. The highest BCUT2D eigenvalue weighted by Gasteiger charge is 2.27. The third-order valence-corrected chi connectivity index (χ3v) is 4.92. The van der Waals surface area contributed by atoms with E-state index in [0.717, 1.165) is 26.2 Å². The first kappa shape index (κ1) is 18.1. The van der Waals surface area contributed by atoms with E-state index in [1.54, 1.807) is 0 Å². The molecule has 0 amide bonds. The lowest BCUT2D eigenvalue weighted by Gasteiger charge is -2.28. The van der Waals surface area contributed by atoms with Gasteiger partial charge in [-0.15, -0.1) is 0 Å². The highest BCUT2D eigenvalue weighted by molar-refractivity contribution is 5.14. The van der Waals surface area contributed by atoms with Crippen LogP contribution in [0.2, 0.25) is 0 Å². The fraction of sp³-hybridized carbons (Fsp3) is 0.550. The summed E-state index contributed by atoms with van der Waals surface area (Å²) in [6, 6.07) is 10.9. The van der Waals surface area contributed by atoms with E-state index in [4.69, 9.17) is 0 Å². The highest BCUT2D eigenvalue weighted by atomic mass is 16.3. The zero-order valence-corrected chi connectivity index (χ0v) is 15.4. The maximum Gasteiger partial charge on any atom is 0.0793 e. The summed E-state index contributed by atoms with van der Waals surface area (Å²) >= 11 is 0. The summed E-state index contributed by atoms with van der Waals surface area (Å²) in [4.78, 5) is 4.62. The Balaban J connectivity index is 1.47. The average molecular weight is 342 g/mol. The first-order chi connectivity index (χ1) is 12.1. The van der Waals surface area contributed by atoms with Gasteiger partial charge in [-0.05, 0) is 44.5 Å². The van der Waals surface area contributed by atoms with Crippen LogP contribution in [0.1, 0.15) is 24.0 Å². The smallest absolute Gasteiger partial charge is 0.0793 e. The lowest BCUT2D eigenvalue weighted by atomic mass is 10.2.